The molecule has 0 bridgehead atoms. The van der Waals surface area contributed by atoms with E-state index < -0.39 is 0 Å². The molecule has 3 N–H and O–H groups in total. The van der Waals surface area contributed by atoms with Gasteiger partial charge in [0.05, 0.1) is 11.0 Å². The molecule has 0 unspecified atom stereocenters. The van der Waals surface area contributed by atoms with Gasteiger partial charge in [0.25, 0.3) is 5.56 Å². The first-order valence-corrected chi connectivity index (χ1v) is 9.25. The molecule has 4 heterocycles. The lowest BCUT2D eigenvalue weighted by atomic mass is 10.0. The lowest BCUT2D eigenvalue weighted by Gasteiger charge is -2.12. The normalized spacial score (nSPS) is 11.7. The molecule has 0 fully saturated rings. The topological polar surface area (TPSA) is 86.5 Å². The molecule has 6 nitrogen and oxygen atoms in total. The summed E-state index contributed by atoms with van der Waals surface area (Å²) in [6.45, 7) is 4.35. The summed E-state index contributed by atoms with van der Waals surface area (Å²) < 4.78 is 0. The van der Waals surface area contributed by atoms with E-state index in [0.29, 0.717) is 11.4 Å². The van der Waals surface area contributed by atoms with E-state index in [1.165, 1.54) is 5.56 Å². The zero-order chi connectivity index (χ0) is 19.3. The molecule has 0 radical (unpaired) electrons. The van der Waals surface area contributed by atoms with Gasteiger partial charge < -0.3 is 15.3 Å². The number of hydrogen-bond donors (Lipinski definition) is 3. The predicted molar refractivity (Wildman–Crippen MR) is 113 cm³/mol. The largest absolute Gasteiger partial charge is 0.348 e. The van der Waals surface area contributed by atoms with E-state index >= 15 is 0 Å². The standard InChI is InChI=1S/C22H19N5O/c1-12(2)13-4-3-5-14(10-13)25-21-17-11-23-8-6-15(17)18-19(27-21)16-7-9-24-22(28)20(16)26-18/h3-12,26H,1-2H3,(H,24,28)(H,25,27). The van der Waals surface area contributed by atoms with Gasteiger partial charge in [0, 0.05) is 40.4 Å². The lowest BCUT2D eigenvalue weighted by molar-refractivity contribution is 0.867. The number of benzene rings is 1. The Morgan fingerprint density at radius 3 is 2.79 bits per heavy atom. The van der Waals surface area contributed by atoms with E-state index in [1.807, 2.05) is 24.3 Å². The van der Waals surface area contributed by atoms with Crippen LogP contribution in [0.15, 0.2) is 59.8 Å². The molecule has 0 atom stereocenters. The lowest BCUT2D eigenvalue weighted by Crippen LogP contribution is -2.03. The van der Waals surface area contributed by atoms with Gasteiger partial charge >= 0.3 is 0 Å². The van der Waals surface area contributed by atoms with Gasteiger partial charge in [0.15, 0.2) is 0 Å². The van der Waals surface area contributed by atoms with Crippen LogP contribution >= 0.6 is 0 Å². The Balaban J connectivity index is 1.78. The molecular formula is C22H19N5O. The number of aromatic nitrogens is 4. The van der Waals surface area contributed by atoms with Crippen LogP contribution in [-0.2, 0) is 0 Å². The van der Waals surface area contributed by atoms with Crippen LogP contribution in [0.1, 0.15) is 25.3 Å². The molecule has 0 saturated carbocycles. The molecule has 6 heteroatoms. The Bertz CT molecular complexity index is 1400. The number of nitrogens with zero attached hydrogens (tertiary/aromatic N) is 2. The maximum Gasteiger partial charge on any atom is 0.272 e. The highest BCUT2D eigenvalue weighted by molar-refractivity contribution is 6.17. The summed E-state index contributed by atoms with van der Waals surface area (Å²) >= 11 is 0. The molecule has 5 rings (SSSR count). The van der Waals surface area contributed by atoms with Gasteiger partial charge in [-0.2, -0.15) is 0 Å². The first-order valence-electron chi connectivity index (χ1n) is 9.25. The quantitative estimate of drug-likeness (QED) is 0.425. The van der Waals surface area contributed by atoms with Gasteiger partial charge in [0.2, 0.25) is 0 Å². The van der Waals surface area contributed by atoms with Crippen LogP contribution in [0.25, 0.3) is 32.7 Å². The van der Waals surface area contributed by atoms with Crippen molar-refractivity contribution in [1.82, 2.24) is 19.9 Å². The molecule has 0 aliphatic carbocycles. The van der Waals surface area contributed by atoms with Gasteiger partial charge in [-0.3, -0.25) is 9.78 Å². The molecule has 0 aliphatic rings. The van der Waals surface area contributed by atoms with Crippen LogP contribution in [0, 0.1) is 0 Å². The van der Waals surface area contributed by atoms with Crippen molar-refractivity contribution in [2.75, 3.05) is 5.32 Å². The minimum absolute atomic E-state index is 0.156. The first kappa shape index (κ1) is 16.5. The molecule has 0 aliphatic heterocycles. The molecule has 0 amide bonds. The number of nitrogens with one attached hydrogen (secondary N) is 3. The minimum atomic E-state index is -0.156. The van der Waals surface area contributed by atoms with Gasteiger partial charge in [-0.15, -0.1) is 0 Å². The first-order chi connectivity index (χ1) is 13.6. The Morgan fingerprint density at radius 2 is 1.93 bits per heavy atom. The summed E-state index contributed by atoms with van der Waals surface area (Å²) in [7, 11) is 0. The highest BCUT2D eigenvalue weighted by Gasteiger charge is 2.15. The second-order valence-electron chi connectivity index (χ2n) is 7.23. The van der Waals surface area contributed by atoms with E-state index in [0.717, 1.165) is 38.7 Å². The molecule has 4 aromatic heterocycles. The van der Waals surface area contributed by atoms with Crippen molar-refractivity contribution in [2.24, 2.45) is 0 Å². The number of anilines is 2. The second kappa shape index (κ2) is 6.20. The fraction of sp³-hybridized carbons (Fsp3) is 0.136. The average Bonchev–Trinajstić information content (AvgIpc) is 3.09. The van der Waals surface area contributed by atoms with Crippen molar-refractivity contribution in [1.29, 1.82) is 0 Å². The Hall–Kier alpha value is -3.67. The summed E-state index contributed by atoms with van der Waals surface area (Å²) in [5, 5.41) is 6.12. The van der Waals surface area contributed by atoms with Crippen molar-refractivity contribution in [3.05, 3.63) is 70.9 Å². The van der Waals surface area contributed by atoms with E-state index in [9.17, 15) is 4.79 Å². The summed E-state index contributed by atoms with van der Waals surface area (Å²) in [5.41, 5.74) is 4.21. The molecule has 28 heavy (non-hydrogen) atoms. The minimum Gasteiger partial charge on any atom is -0.348 e. The third-order valence-electron chi connectivity index (χ3n) is 5.09. The van der Waals surface area contributed by atoms with Crippen LogP contribution in [0.2, 0.25) is 0 Å². The predicted octanol–water partition coefficient (Wildman–Crippen LogP) is 4.82. The van der Waals surface area contributed by atoms with Crippen LogP contribution in [0.5, 0.6) is 0 Å². The second-order valence-corrected chi connectivity index (χ2v) is 7.23. The number of fused-ring (bicyclic) bond motifs is 5. The third kappa shape index (κ3) is 2.53. The fourth-order valence-electron chi connectivity index (χ4n) is 3.61. The highest BCUT2D eigenvalue weighted by Crippen LogP contribution is 2.33. The van der Waals surface area contributed by atoms with Crippen LogP contribution < -0.4 is 10.9 Å². The van der Waals surface area contributed by atoms with Crippen LogP contribution in [-0.4, -0.2) is 19.9 Å². The van der Waals surface area contributed by atoms with E-state index in [-0.39, 0.29) is 5.56 Å². The maximum atomic E-state index is 12.2. The third-order valence-corrected chi connectivity index (χ3v) is 5.09. The van der Waals surface area contributed by atoms with Gasteiger partial charge in [-0.1, -0.05) is 26.0 Å². The molecule has 5 aromatic rings. The zero-order valence-electron chi connectivity index (χ0n) is 15.6. The number of hydrogen-bond acceptors (Lipinski definition) is 4. The van der Waals surface area contributed by atoms with Gasteiger partial charge in [-0.25, -0.2) is 4.98 Å². The van der Waals surface area contributed by atoms with Crippen molar-refractivity contribution in [3.63, 3.8) is 0 Å². The van der Waals surface area contributed by atoms with Crippen molar-refractivity contribution >= 4 is 44.2 Å². The summed E-state index contributed by atoms with van der Waals surface area (Å²) in [6, 6.07) is 12.1. The van der Waals surface area contributed by atoms with Crippen molar-refractivity contribution in [2.45, 2.75) is 19.8 Å². The Kier molecular flexibility index (Phi) is 3.65. The number of H-pyrrole nitrogens is 2. The monoisotopic (exact) mass is 369 g/mol. The van der Waals surface area contributed by atoms with Crippen LogP contribution in [0.4, 0.5) is 11.5 Å². The number of pyridine rings is 3. The van der Waals surface area contributed by atoms with E-state index in [1.54, 1.807) is 18.6 Å². The number of aromatic amines is 2. The molecular weight excluding hydrogens is 350 g/mol. The SMILES string of the molecule is CC(C)c1cccc(Nc2nc3c4cc[nH]c(=O)c4[nH]c3c3ccncc23)c1. The smallest absolute Gasteiger partial charge is 0.272 e. The van der Waals surface area contributed by atoms with Gasteiger partial charge in [0.1, 0.15) is 11.3 Å². The Labute approximate surface area is 160 Å². The fourth-order valence-corrected chi connectivity index (χ4v) is 3.61. The molecule has 138 valence electrons. The zero-order valence-corrected chi connectivity index (χ0v) is 15.6. The summed E-state index contributed by atoms with van der Waals surface area (Å²) in [6.07, 6.45) is 5.20. The molecule has 0 saturated heterocycles. The highest BCUT2D eigenvalue weighted by atomic mass is 16.1. The average molecular weight is 369 g/mol. The molecule has 0 spiro atoms. The summed E-state index contributed by atoms with van der Waals surface area (Å²) in [4.78, 5) is 27.3. The number of rotatable bonds is 3. The maximum absolute atomic E-state index is 12.2. The Morgan fingerprint density at radius 1 is 1.04 bits per heavy atom. The van der Waals surface area contributed by atoms with E-state index in [2.05, 4.69) is 46.2 Å². The van der Waals surface area contributed by atoms with Crippen molar-refractivity contribution < 1.29 is 0 Å². The summed E-state index contributed by atoms with van der Waals surface area (Å²) in [5.74, 6) is 1.16. The van der Waals surface area contributed by atoms with Crippen molar-refractivity contribution in [3.8, 4) is 0 Å². The van der Waals surface area contributed by atoms with Crippen LogP contribution in [0.3, 0.4) is 0 Å². The molecule has 1 aromatic carbocycles. The van der Waals surface area contributed by atoms with Gasteiger partial charge in [-0.05, 0) is 35.7 Å². The van der Waals surface area contributed by atoms with E-state index in [4.69, 9.17) is 4.98 Å².